The van der Waals surface area contributed by atoms with E-state index < -0.39 is 11.4 Å². The number of hydrogen-bond acceptors (Lipinski definition) is 4. The number of hydrazone groups is 1. The molecule has 0 aromatic heterocycles. The minimum Gasteiger partial charge on any atom is -0.481 e. The van der Waals surface area contributed by atoms with E-state index in [0.29, 0.717) is 38.3 Å². The Bertz CT molecular complexity index is 1200. The van der Waals surface area contributed by atoms with E-state index in [-0.39, 0.29) is 17.7 Å². The summed E-state index contributed by atoms with van der Waals surface area (Å²) in [6.45, 7) is 0.988. The number of rotatable bonds is 12. The summed E-state index contributed by atoms with van der Waals surface area (Å²) in [4.78, 5) is 37.3. The number of aliphatic carboxylic acids is 1. The summed E-state index contributed by atoms with van der Waals surface area (Å²) >= 11 is 0. The van der Waals surface area contributed by atoms with Crippen LogP contribution in [0.25, 0.3) is 0 Å². The number of carboxylic acid groups (broad SMARTS) is 1. The normalized spacial score (nSPS) is 19.4. The van der Waals surface area contributed by atoms with Crippen LogP contribution in [0.1, 0.15) is 93.2 Å². The lowest BCUT2D eigenvalue weighted by Crippen LogP contribution is -2.33. The second-order valence-electron chi connectivity index (χ2n) is 11.5. The molecule has 7 heteroatoms. The Morgan fingerprint density at radius 2 is 1.72 bits per heavy atom. The Morgan fingerprint density at radius 1 is 1.00 bits per heavy atom. The molecule has 7 nitrogen and oxygen atoms in total. The van der Waals surface area contributed by atoms with Crippen molar-refractivity contribution >= 4 is 23.5 Å². The molecule has 2 aliphatic carbocycles. The molecule has 0 bridgehead atoms. The topological polar surface area (TPSA) is 99.1 Å². The number of carboxylic acids is 1. The minimum atomic E-state index is -0.677. The van der Waals surface area contributed by atoms with Gasteiger partial charge in [-0.3, -0.25) is 14.4 Å². The molecule has 2 fully saturated rings. The Labute approximate surface area is 230 Å². The first kappa shape index (κ1) is 27.1. The maximum Gasteiger partial charge on any atom is 0.309 e. The predicted molar refractivity (Wildman–Crippen MR) is 150 cm³/mol. The number of nitrogens with zero attached hydrogens (tertiary/aromatic N) is 2. The molecule has 206 valence electrons. The third-order valence-electron chi connectivity index (χ3n) is 8.73. The van der Waals surface area contributed by atoms with Gasteiger partial charge >= 0.3 is 5.97 Å². The van der Waals surface area contributed by atoms with E-state index in [2.05, 4.69) is 10.4 Å². The van der Waals surface area contributed by atoms with Crippen molar-refractivity contribution in [1.82, 2.24) is 10.3 Å². The highest BCUT2D eigenvalue weighted by atomic mass is 16.4. The van der Waals surface area contributed by atoms with Gasteiger partial charge in [-0.05, 0) is 61.1 Å². The predicted octanol–water partition coefficient (Wildman–Crippen LogP) is 5.64. The molecule has 0 saturated heterocycles. The van der Waals surface area contributed by atoms with Crippen LogP contribution in [0.5, 0.6) is 0 Å². The van der Waals surface area contributed by atoms with Gasteiger partial charge in [0.1, 0.15) is 0 Å². The van der Waals surface area contributed by atoms with E-state index in [1.807, 2.05) is 54.6 Å². The van der Waals surface area contributed by atoms with Crippen molar-refractivity contribution in [2.45, 2.75) is 83.1 Å². The third-order valence-corrected chi connectivity index (χ3v) is 8.73. The molecule has 2 amide bonds. The van der Waals surface area contributed by atoms with Crippen LogP contribution in [-0.4, -0.2) is 40.2 Å². The lowest BCUT2D eigenvalue weighted by atomic mass is 9.83. The molecule has 39 heavy (non-hydrogen) atoms. The van der Waals surface area contributed by atoms with E-state index in [9.17, 15) is 19.5 Å². The van der Waals surface area contributed by atoms with Gasteiger partial charge in [0, 0.05) is 19.4 Å². The van der Waals surface area contributed by atoms with Crippen LogP contribution < -0.4 is 5.32 Å². The van der Waals surface area contributed by atoms with Gasteiger partial charge < -0.3 is 10.4 Å². The average Bonchev–Trinajstić information content (AvgIpc) is 3.56. The lowest BCUT2D eigenvalue weighted by molar-refractivity contribution is -0.143. The molecule has 0 radical (unpaired) electrons. The minimum absolute atomic E-state index is 0.0259. The largest absolute Gasteiger partial charge is 0.481 e. The lowest BCUT2D eigenvalue weighted by Gasteiger charge is -2.25. The number of carbonyl (C=O) groups excluding carboxylic acids is 2. The molecule has 1 atom stereocenters. The fourth-order valence-corrected chi connectivity index (χ4v) is 6.13. The van der Waals surface area contributed by atoms with E-state index in [4.69, 9.17) is 0 Å². The number of unbranched alkanes of at least 4 members (excludes halogenated alkanes) is 1. The van der Waals surface area contributed by atoms with Gasteiger partial charge in [-0.15, -0.1) is 0 Å². The van der Waals surface area contributed by atoms with E-state index in [0.717, 1.165) is 73.8 Å². The molecular formula is C32H39N3O4. The van der Waals surface area contributed by atoms with Crippen molar-refractivity contribution < 1.29 is 19.5 Å². The number of nitrogens with one attached hydrogen (secondary N) is 1. The Kier molecular flexibility index (Phi) is 8.44. The molecule has 2 aromatic rings. The van der Waals surface area contributed by atoms with Crippen LogP contribution in [0, 0.1) is 11.3 Å². The molecule has 1 aliphatic heterocycles. The summed E-state index contributed by atoms with van der Waals surface area (Å²) in [5.41, 5.74) is 3.49. The standard InChI is InChI=1S/C32H39N3O4/c36-28-17-16-27(24-8-2-1-3-9-24)34-35(28)22-23-12-14-26(15-13-23)29(25-10-4-5-11-25)30(37)33-21-7-6-18-32(19-20-32)31(38)39/h1-3,8-9,12-15,25,29H,4-7,10-11,16-22H2,(H,33,37)(H,38,39). The number of hydrogen-bond donors (Lipinski definition) is 2. The Balaban J connectivity index is 1.20. The van der Waals surface area contributed by atoms with Gasteiger partial charge in [-0.2, -0.15) is 5.10 Å². The molecule has 0 spiro atoms. The Hall–Kier alpha value is -3.48. The van der Waals surface area contributed by atoms with E-state index in [1.165, 1.54) is 0 Å². The summed E-state index contributed by atoms with van der Waals surface area (Å²) in [7, 11) is 0. The van der Waals surface area contributed by atoms with E-state index in [1.54, 1.807) is 5.01 Å². The first-order valence-electron chi connectivity index (χ1n) is 14.5. The molecular weight excluding hydrogens is 490 g/mol. The van der Waals surface area contributed by atoms with Crippen LogP contribution in [0.2, 0.25) is 0 Å². The van der Waals surface area contributed by atoms with Crippen molar-refractivity contribution in [3.63, 3.8) is 0 Å². The molecule has 2 aromatic carbocycles. The van der Waals surface area contributed by atoms with Crippen molar-refractivity contribution in [3.8, 4) is 0 Å². The fraction of sp³-hybridized carbons (Fsp3) is 0.500. The monoisotopic (exact) mass is 529 g/mol. The summed E-state index contributed by atoms with van der Waals surface area (Å²) < 4.78 is 0. The molecule has 2 N–H and O–H groups in total. The average molecular weight is 530 g/mol. The third kappa shape index (κ3) is 6.57. The summed E-state index contributed by atoms with van der Waals surface area (Å²) in [6, 6.07) is 18.1. The maximum absolute atomic E-state index is 13.4. The summed E-state index contributed by atoms with van der Waals surface area (Å²) in [5.74, 6) is -0.436. The van der Waals surface area contributed by atoms with Gasteiger partial charge in [0.2, 0.25) is 11.8 Å². The quantitative estimate of drug-likeness (QED) is 0.348. The van der Waals surface area contributed by atoms with Crippen molar-refractivity contribution in [2.75, 3.05) is 6.54 Å². The van der Waals surface area contributed by atoms with Crippen molar-refractivity contribution in [2.24, 2.45) is 16.4 Å². The van der Waals surface area contributed by atoms with Gasteiger partial charge in [0.05, 0.1) is 23.6 Å². The van der Waals surface area contributed by atoms with Crippen molar-refractivity contribution in [1.29, 1.82) is 0 Å². The SMILES string of the molecule is O=C(NCCCCC1(C(=O)O)CC1)C(c1ccc(CN2N=C(c3ccccc3)CCC2=O)cc1)C1CCCC1. The summed E-state index contributed by atoms with van der Waals surface area (Å²) in [6.07, 6.45) is 9.39. The highest BCUT2D eigenvalue weighted by Crippen LogP contribution is 2.50. The molecule has 3 aliphatic rings. The van der Waals surface area contributed by atoms with Gasteiger partial charge in [-0.1, -0.05) is 73.9 Å². The number of benzene rings is 2. The zero-order valence-corrected chi connectivity index (χ0v) is 22.6. The highest BCUT2D eigenvalue weighted by molar-refractivity contribution is 6.04. The first-order chi connectivity index (χ1) is 18.9. The van der Waals surface area contributed by atoms with Crippen LogP contribution >= 0.6 is 0 Å². The van der Waals surface area contributed by atoms with Crippen molar-refractivity contribution in [3.05, 3.63) is 71.3 Å². The smallest absolute Gasteiger partial charge is 0.309 e. The van der Waals surface area contributed by atoms with Gasteiger partial charge in [-0.25, -0.2) is 5.01 Å². The van der Waals surface area contributed by atoms with Crippen LogP contribution in [-0.2, 0) is 20.9 Å². The Morgan fingerprint density at radius 3 is 2.38 bits per heavy atom. The molecule has 2 saturated carbocycles. The number of amides is 2. The fourth-order valence-electron chi connectivity index (χ4n) is 6.13. The van der Waals surface area contributed by atoms with E-state index >= 15 is 0 Å². The number of carbonyl (C=O) groups is 3. The molecule has 5 rings (SSSR count). The second kappa shape index (κ2) is 12.1. The van der Waals surface area contributed by atoms with Gasteiger partial charge in [0.25, 0.3) is 0 Å². The van der Waals surface area contributed by atoms with Crippen LogP contribution in [0.4, 0.5) is 0 Å². The maximum atomic E-state index is 13.4. The van der Waals surface area contributed by atoms with Crippen LogP contribution in [0.3, 0.4) is 0 Å². The highest BCUT2D eigenvalue weighted by Gasteiger charge is 2.49. The molecule has 1 heterocycles. The zero-order chi connectivity index (χ0) is 27.2. The van der Waals surface area contributed by atoms with Gasteiger partial charge in [0.15, 0.2) is 0 Å². The second-order valence-corrected chi connectivity index (χ2v) is 11.5. The first-order valence-corrected chi connectivity index (χ1v) is 14.5. The summed E-state index contributed by atoms with van der Waals surface area (Å²) in [5, 5.41) is 18.7. The zero-order valence-electron chi connectivity index (χ0n) is 22.6. The van der Waals surface area contributed by atoms with Crippen LogP contribution in [0.15, 0.2) is 59.7 Å². The molecule has 1 unspecified atom stereocenters.